The van der Waals surface area contributed by atoms with Crippen molar-refractivity contribution in [3.8, 4) is 0 Å². The molecule has 3 rings (SSSR count). The molecular weight excluding hydrogens is 348 g/mol. The first kappa shape index (κ1) is 20.1. The molecule has 2 aromatic rings. The molecule has 4 heteroatoms. The monoisotopic (exact) mass is 378 g/mol. The van der Waals surface area contributed by atoms with E-state index in [-0.39, 0.29) is 23.8 Å². The van der Waals surface area contributed by atoms with Crippen LogP contribution < -0.4 is 0 Å². The minimum atomic E-state index is -0.135. The number of hydrogen-bond donors (Lipinski definition) is 0. The Balaban J connectivity index is 1.69. The minimum absolute atomic E-state index is 0.0350. The molecule has 2 aromatic carbocycles. The zero-order valence-electron chi connectivity index (χ0n) is 17.1. The summed E-state index contributed by atoms with van der Waals surface area (Å²) in [4.78, 5) is 29.0. The molecule has 0 radical (unpaired) electrons. The van der Waals surface area contributed by atoms with E-state index in [1.807, 2.05) is 42.3 Å². The van der Waals surface area contributed by atoms with Crippen molar-refractivity contribution in [2.45, 2.75) is 45.7 Å². The predicted octanol–water partition coefficient (Wildman–Crippen LogP) is 4.21. The summed E-state index contributed by atoms with van der Waals surface area (Å²) in [6, 6.07) is 18.6. The van der Waals surface area contributed by atoms with E-state index in [1.165, 1.54) is 5.56 Å². The number of likely N-dealkylation sites (tertiary alicyclic amines) is 1. The third-order valence-electron chi connectivity index (χ3n) is 5.75. The Morgan fingerprint density at radius 3 is 2.29 bits per heavy atom. The zero-order valence-corrected chi connectivity index (χ0v) is 17.1. The largest absolute Gasteiger partial charge is 0.341 e. The topological polar surface area (TPSA) is 40.6 Å². The third-order valence-corrected chi connectivity index (χ3v) is 5.75. The predicted molar refractivity (Wildman–Crippen MR) is 112 cm³/mol. The second kappa shape index (κ2) is 9.05. The Morgan fingerprint density at radius 1 is 1.00 bits per heavy atom. The second-order valence-corrected chi connectivity index (χ2v) is 7.74. The van der Waals surface area contributed by atoms with Crippen molar-refractivity contribution >= 4 is 11.8 Å². The number of rotatable bonds is 5. The highest BCUT2D eigenvalue weighted by molar-refractivity contribution is 5.81. The third kappa shape index (κ3) is 4.61. The van der Waals surface area contributed by atoms with Crippen molar-refractivity contribution in [3.63, 3.8) is 0 Å². The SMILES string of the molecule is CCc1ccc(C2CCC(C(=O)N(C)Cc3ccccc3)CN2C(C)=O)cc1. The highest BCUT2D eigenvalue weighted by atomic mass is 16.2. The lowest BCUT2D eigenvalue weighted by Crippen LogP contribution is -2.46. The first-order valence-electron chi connectivity index (χ1n) is 10.1. The van der Waals surface area contributed by atoms with Crippen LogP contribution in [0.15, 0.2) is 54.6 Å². The van der Waals surface area contributed by atoms with Crippen LogP contribution in [-0.2, 0) is 22.6 Å². The van der Waals surface area contributed by atoms with E-state index in [4.69, 9.17) is 0 Å². The molecule has 0 saturated carbocycles. The van der Waals surface area contributed by atoms with Gasteiger partial charge in [0.2, 0.25) is 11.8 Å². The van der Waals surface area contributed by atoms with Gasteiger partial charge in [0.25, 0.3) is 0 Å². The molecule has 2 amide bonds. The van der Waals surface area contributed by atoms with Crippen LogP contribution in [0.25, 0.3) is 0 Å². The molecule has 0 aromatic heterocycles. The molecule has 2 unspecified atom stereocenters. The van der Waals surface area contributed by atoms with E-state index in [9.17, 15) is 9.59 Å². The van der Waals surface area contributed by atoms with E-state index in [0.717, 1.165) is 30.4 Å². The number of carbonyl (C=O) groups is 2. The van der Waals surface area contributed by atoms with Crippen molar-refractivity contribution < 1.29 is 9.59 Å². The van der Waals surface area contributed by atoms with Crippen LogP contribution in [0.4, 0.5) is 0 Å². The van der Waals surface area contributed by atoms with Gasteiger partial charge < -0.3 is 9.80 Å². The van der Waals surface area contributed by atoms with Gasteiger partial charge in [0.1, 0.15) is 0 Å². The minimum Gasteiger partial charge on any atom is -0.341 e. The number of aryl methyl sites for hydroxylation is 1. The number of piperidine rings is 1. The van der Waals surface area contributed by atoms with Crippen LogP contribution in [0.3, 0.4) is 0 Å². The molecule has 2 atom stereocenters. The maximum atomic E-state index is 13.0. The smallest absolute Gasteiger partial charge is 0.227 e. The zero-order chi connectivity index (χ0) is 20.1. The molecule has 28 heavy (non-hydrogen) atoms. The second-order valence-electron chi connectivity index (χ2n) is 7.74. The van der Waals surface area contributed by atoms with Crippen molar-refractivity contribution in [1.82, 2.24) is 9.80 Å². The van der Waals surface area contributed by atoms with Crippen LogP contribution in [0, 0.1) is 5.92 Å². The van der Waals surface area contributed by atoms with Gasteiger partial charge in [-0.3, -0.25) is 9.59 Å². The van der Waals surface area contributed by atoms with E-state index in [2.05, 4.69) is 31.2 Å². The van der Waals surface area contributed by atoms with Gasteiger partial charge >= 0.3 is 0 Å². The van der Waals surface area contributed by atoms with E-state index >= 15 is 0 Å². The van der Waals surface area contributed by atoms with Crippen molar-refractivity contribution in [1.29, 1.82) is 0 Å². The Kier molecular flexibility index (Phi) is 6.50. The lowest BCUT2D eigenvalue weighted by atomic mass is 9.87. The Bertz CT molecular complexity index is 801. The van der Waals surface area contributed by atoms with Crippen molar-refractivity contribution in [2.75, 3.05) is 13.6 Å². The summed E-state index contributed by atoms with van der Waals surface area (Å²) in [6.45, 7) is 4.83. The summed E-state index contributed by atoms with van der Waals surface area (Å²) in [5.74, 6) is 0.0199. The molecule has 1 fully saturated rings. The van der Waals surface area contributed by atoms with Gasteiger partial charge in [0.05, 0.1) is 12.0 Å². The summed E-state index contributed by atoms with van der Waals surface area (Å²) >= 11 is 0. The fourth-order valence-electron chi connectivity index (χ4n) is 4.09. The first-order chi connectivity index (χ1) is 13.5. The first-order valence-corrected chi connectivity index (χ1v) is 10.1. The van der Waals surface area contributed by atoms with Crippen LogP contribution >= 0.6 is 0 Å². The van der Waals surface area contributed by atoms with E-state index in [1.54, 1.807) is 11.8 Å². The molecular formula is C24H30N2O2. The lowest BCUT2D eigenvalue weighted by Gasteiger charge is -2.40. The maximum Gasteiger partial charge on any atom is 0.227 e. The highest BCUT2D eigenvalue weighted by Crippen LogP contribution is 2.34. The van der Waals surface area contributed by atoms with E-state index < -0.39 is 0 Å². The number of carbonyl (C=O) groups excluding carboxylic acids is 2. The quantitative estimate of drug-likeness (QED) is 0.782. The molecule has 1 aliphatic rings. The molecule has 1 heterocycles. The van der Waals surface area contributed by atoms with Gasteiger partial charge in [-0.2, -0.15) is 0 Å². The summed E-state index contributed by atoms with van der Waals surface area (Å²) in [7, 11) is 1.85. The van der Waals surface area contributed by atoms with Gasteiger partial charge in [0, 0.05) is 27.1 Å². The molecule has 4 nitrogen and oxygen atoms in total. The van der Waals surface area contributed by atoms with Crippen molar-refractivity contribution in [2.24, 2.45) is 5.92 Å². The summed E-state index contributed by atoms with van der Waals surface area (Å²) in [5, 5.41) is 0. The van der Waals surface area contributed by atoms with Gasteiger partial charge in [0.15, 0.2) is 0 Å². The van der Waals surface area contributed by atoms with Gasteiger partial charge in [-0.05, 0) is 36.0 Å². The Hall–Kier alpha value is -2.62. The van der Waals surface area contributed by atoms with Crippen molar-refractivity contribution in [3.05, 3.63) is 71.3 Å². The summed E-state index contributed by atoms with van der Waals surface area (Å²) < 4.78 is 0. The number of nitrogens with zero attached hydrogens (tertiary/aromatic N) is 2. The van der Waals surface area contributed by atoms with Crippen LogP contribution in [0.5, 0.6) is 0 Å². The standard InChI is InChI=1S/C24H30N2O2/c1-4-19-10-12-21(13-11-19)23-15-14-22(17-26(23)18(2)27)24(28)25(3)16-20-8-6-5-7-9-20/h5-13,22-23H,4,14-17H2,1-3H3. The molecule has 0 aliphatic carbocycles. The summed E-state index contributed by atoms with van der Waals surface area (Å²) in [5.41, 5.74) is 3.58. The van der Waals surface area contributed by atoms with E-state index in [0.29, 0.717) is 13.1 Å². The average Bonchev–Trinajstić information content (AvgIpc) is 2.73. The Labute approximate surface area is 168 Å². The highest BCUT2D eigenvalue weighted by Gasteiger charge is 2.35. The summed E-state index contributed by atoms with van der Waals surface area (Å²) in [6.07, 6.45) is 2.63. The molecule has 0 N–H and O–H groups in total. The number of amides is 2. The molecule has 1 aliphatic heterocycles. The average molecular weight is 379 g/mol. The van der Waals surface area contributed by atoms with Crippen LogP contribution in [0.1, 0.15) is 49.4 Å². The molecule has 1 saturated heterocycles. The lowest BCUT2D eigenvalue weighted by molar-refractivity contribution is -0.141. The fourth-order valence-corrected chi connectivity index (χ4v) is 4.09. The maximum absolute atomic E-state index is 13.0. The van der Waals surface area contributed by atoms with Gasteiger partial charge in [-0.1, -0.05) is 61.5 Å². The van der Waals surface area contributed by atoms with Crippen LogP contribution in [0.2, 0.25) is 0 Å². The normalized spacial score (nSPS) is 19.3. The van der Waals surface area contributed by atoms with Gasteiger partial charge in [-0.15, -0.1) is 0 Å². The Morgan fingerprint density at radius 2 is 1.68 bits per heavy atom. The van der Waals surface area contributed by atoms with Crippen LogP contribution in [-0.4, -0.2) is 35.2 Å². The molecule has 148 valence electrons. The molecule has 0 spiro atoms. The van der Waals surface area contributed by atoms with Gasteiger partial charge in [-0.25, -0.2) is 0 Å². The number of benzene rings is 2. The fraction of sp³-hybridized carbons (Fsp3) is 0.417. The molecule has 0 bridgehead atoms. The number of hydrogen-bond acceptors (Lipinski definition) is 2.